The molecule has 2 aliphatic rings. The first-order valence-electron chi connectivity index (χ1n) is 16.9. The van der Waals surface area contributed by atoms with E-state index in [2.05, 4.69) is 96.8 Å². The van der Waals surface area contributed by atoms with Crippen LogP contribution in [0.25, 0.3) is 0 Å². The first kappa shape index (κ1) is 37.7. The number of nitrogens with zero attached hydrogens (tertiary/aromatic N) is 3. The number of primary amides is 1. The molecule has 1 aliphatic carbocycles. The van der Waals surface area contributed by atoms with Crippen LogP contribution < -0.4 is 16.4 Å². The highest BCUT2D eigenvalue weighted by Gasteiger charge is 2.26. The molecule has 1 aromatic carbocycles. The fraction of sp³-hybridized carbons (Fsp3) is 0.366. The Balaban J connectivity index is 1.62. The average molecular weight is 649 g/mol. The molecule has 0 bridgehead atoms. The summed E-state index contributed by atoms with van der Waals surface area (Å²) in [6.45, 7) is 30.3. The zero-order chi connectivity index (χ0) is 35.2. The molecule has 0 radical (unpaired) electrons. The summed E-state index contributed by atoms with van der Waals surface area (Å²) in [7, 11) is 1.99. The third kappa shape index (κ3) is 11.2. The fourth-order valence-corrected chi connectivity index (χ4v) is 5.74. The second kappa shape index (κ2) is 18.5. The molecule has 1 aliphatic heterocycles. The van der Waals surface area contributed by atoms with Crippen molar-refractivity contribution >= 4 is 12.1 Å². The summed E-state index contributed by atoms with van der Waals surface area (Å²) in [5.74, 6) is -0.436. The number of allylic oxidation sites excluding steroid dienone is 7. The van der Waals surface area contributed by atoms with Gasteiger partial charge in [0, 0.05) is 62.5 Å². The molecular weight excluding hydrogens is 592 g/mol. The van der Waals surface area contributed by atoms with E-state index in [4.69, 9.17) is 5.73 Å². The van der Waals surface area contributed by atoms with E-state index in [0.717, 1.165) is 80.0 Å². The number of benzene rings is 1. The summed E-state index contributed by atoms with van der Waals surface area (Å²) in [4.78, 5) is 19.3. The van der Waals surface area contributed by atoms with E-state index in [-0.39, 0.29) is 12.6 Å². The fourth-order valence-electron chi connectivity index (χ4n) is 5.74. The molecule has 4 N–H and O–H groups in total. The number of fused-ring (bicyclic) bond motifs is 1. The average Bonchev–Trinajstić information content (AvgIpc) is 3.06. The standard InChI is InChI=1S/C41H56N6O/c1-10-11-16-38(17-14-12-13-15-21-43-27-41(42)48)45-34(8)40(46(9)29(2)3)24-31(5)33(7)44-26-35-18-19-36-20-22-47(28-37(36)25-35)39-23-30(4)32(39)6/h10-11,13,15,18-19,21,24-25,38,44-45H,2,4-5,7-8,12,14,16-17,20,22-23,26-28H2,1,3,6,9H3,(H2,42,48)/b11-10-,15-13+,40-24-,43-21?. The minimum atomic E-state index is -0.436. The Morgan fingerprint density at radius 2 is 1.94 bits per heavy atom. The van der Waals surface area contributed by atoms with Crippen molar-refractivity contribution in [1.29, 1.82) is 0 Å². The Morgan fingerprint density at radius 1 is 1.17 bits per heavy atom. The number of rotatable bonds is 20. The number of likely N-dealkylation sites (N-methyl/N-ethyl adjacent to an activating group) is 1. The Morgan fingerprint density at radius 3 is 2.60 bits per heavy atom. The van der Waals surface area contributed by atoms with Gasteiger partial charge in [-0.15, -0.1) is 0 Å². The van der Waals surface area contributed by atoms with Crippen LogP contribution in [0.1, 0.15) is 69.6 Å². The Bertz CT molecular complexity index is 1550. The molecule has 7 nitrogen and oxygen atoms in total. The molecule has 0 saturated heterocycles. The van der Waals surface area contributed by atoms with Gasteiger partial charge in [0.15, 0.2) is 0 Å². The van der Waals surface area contributed by atoms with E-state index in [1.54, 1.807) is 6.21 Å². The van der Waals surface area contributed by atoms with Crippen molar-refractivity contribution in [3.05, 3.63) is 143 Å². The first-order valence-corrected chi connectivity index (χ1v) is 16.9. The van der Waals surface area contributed by atoms with Gasteiger partial charge in [-0.3, -0.25) is 9.79 Å². The monoisotopic (exact) mass is 648 g/mol. The lowest BCUT2D eigenvalue weighted by Gasteiger charge is -2.39. The second-order valence-electron chi connectivity index (χ2n) is 12.7. The predicted octanol–water partition coefficient (Wildman–Crippen LogP) is 7.51. The Hall–Kier alpha value is -4.78. The summed E-state index contributed by atoms with van der Waals surface area (Å²) < 4.78 is 0. The molecule has 7 heteroatoms. The van der Waals surface area contributed by atoms with Crippen LogP contribution >= 0.6 is 0 Å². The van der Waals surface area contributed by atoms with Gasteiger partial charge in [-0.2, -0.15) is 0 Å². The molecule has 0 spiro atoms. The number of nitrogens with one attached hydrogen (secondary N) is 2. The number of carbonyl (C=O) groups excluding carboxylic acids is 1. The molecule has 1 unspecified atom stereocenters. The molecule has 0 fully saturated rings. The van der Waals surface area contributed by atoms with Crippen LogP contribution in [-0.4, -0.2) is 48.1 Å². The molecule has 1 atom stereocenters. The normalized spacial score (nSPS) is 15.5. The van der Waals surface area contributed by atoms with Crippen LogP contribution in [0.4, 0.5) is 0 Å². The smallest absolute Gasteiger partial charge is 0.239 e. The summed E-state index contributed by atoms with van der Waals surface area (Å²) >= 11 is 0. The van der Waals surface area contributed by atoms with E-state index in [9.17, 15) is 4.79 Å². The maximum absolute atomic E-state index is 10.8. The van der Waals surface area contributed by atoms with Gasteiger partial charge in [0.05, 0.1) is 11.4 Å². The highest BCUT2D eigenvalue weighted by Crippen LogP contribution is 2.37. The highest BCUT2D eigenvalue weighted by atomic mass is 16.1. The lowest BCUT2D eigenvalue weighted by molar-refractivity contribution is -0.116. The molecule has 0 aromatic heterocycles. The van der Waals surface area contributed by atoms with Gasteiger partial charge in [-0.1, -0.05) is 69.3 Å². The number of unbranched alkanes of at least 4 members (excludes halogenated alkanes) is 1. The van der Waals surface area contributed by atoms with Crippen molar-refractivity contribution in [3.8, 4) is 0 Å². The Kier molecular flexibility index (Phi) is 14.5. The van der Waals surface area contributed by atoms with Crippen molar-refractivity contribution in [3.63, 3.8) is 0 Å². The van der Waals surface area contributed by atoms with Crippen LogP contribution in [0.5, 0.6) is 0 Å². The number of hydrogen-bond acceptors (Lipinski definition) is 6. The van der Waals surface area contributed by atoms with Gasteiger partial charge >= 0.3 is 0 Å². The molecule has 48 heavy (non-hydrogen) atoms. The van der Waals surface area contributed by atoms with Crippen LogP contribution in [0, 0.1) is 0 Å². The van der Waals surface area contributed by atoms with Gasteiger partial charge < -0.3 is 26.2 Å². The zero-order valence-electron chi connectivity index (χ0n) is 29.7. The van der Waals surface area contributed by atoms with Gasteiger partial charge in [-0.25, -0.2) is 0 Å². The minimum absolute atomic E-state index is 0.00970. The third-order valence-electron chi connectivity index (χ3n) is 8.99. The van der Waals surface area contributed by atoms with Gasteiger partial charge in [0.2, 0.25) is 5.91 Å². The van der Waals surface area contributed by atoms with Crippen LogP contribution in [0.15, 0.2) is 132 Å². The largest absolute Gasteiger partial charge is 0.381 e. The molecular formula is C41H56N6O. The van der Waals surface area contributed by atoms with Crippen molar-refractivity contribution < 1.29 is 4.79 Å². The van der Waals surface area contributed by atoms with Crippen molar-refractivity contribution in [2.45, 2.75) is 78.4 Å². The number of amides is 1. The van der Waals surface area contributed by atoms with E-state index in [1.807, 2.05) is 37.9 Å². The summed E-state index contributed by atoms with van der Waals surface area (Å²) in [6, 6.07) is 7.02. The van der Waals surface area contributed by atoms with Gasteiger partial charge in [-0.05, 0) is 98.4 Å². The predicted molar refractivity (Wildman–Crippen MR) is 204 cm³/mol. The first-order chi connectivity index (χ1) is 22.9. The van der Waals surface area contributed by atoms with Gasteiger partial charge in [0.25, 0.3) is 0 Å². The number of hydrogen-bond donors (Lipinski definition) is 3. The van der Waals surface area contributed by atoms with E-state index in [1.165, 1.54) is 33.5 Å². The van der Waals surface area contributed by atoms with Crippen LogP contribution in [0.3, 0.4) is 0 Å². The summed E-state index contributed by atoms with van der Waals surface area (Å²) in [6.07, 6.45) is 17.6. The maximum atomic E-state index is 10.8. The molecule has 3 rings (SSSR count). The third-order valence-corrected chi connectivity index (χ3v) is 8.99. The maximum Gasteiger partial charge on any atom is 0.239 e. The molecule has 1 amide bonds. The lowest BCUT2D eigenvalue weighted by atomic mass is 9.87. The summed E-state index contributed by atoms with van der Waals surface area (Å²) in [5.41, 5.74) is 17.4. The zero-order valence-corrected chi connectivity index (χ0v) is 29.7. The lowest BCUT2D eigenvalue weighted by Crippen LogP contribution is -2.33. The van der Waals surface area contributed by atoms with E-state index >= 15 is 0 Å². The molecule has 256 valence electrons. The number of carbonyl (C=O) groups is 1. The number of nitrogens with two attached hydrogens (primary N) is 1. The quantitative estimate of drug-likeness (QED) is 0.0590. The minimum Gasteiger partial charge on any atom is -0.381 e. The van der Waals surface area contributed by atoms with Gasteiger partial charge in [0.1, 0.15) is 6.54 Å². The Labute approximate surface area is 289 Å². The topological polar surface area (TPSA) is 86.0 Å². The van der Waals surface area contributed by atoms with Crippen molar-refractivity contribution in [1.82, 2.24) is 20.4 Å². The van der Waals surface area contributed by atoms with Crippen LogP contribution in [0.2, 0.25) is 0 Å². The molecule has 1 aromatic rings. The van der Waals surface area contributed by atoms with E-state index < -0.39 is 5.91 Å². The van der Waals surface area contributed by atoms with Crippen molar-refractivity contribution in [2.75, 3.05) is 20.1 Å². The van der Waals surface area contributed by atoms with E-state index in [0.29, 0.717) is 6.54 Å². The van der Waals surface area contributed by atoms with Crippen LogP contribution in [-0.2, 0) is 24.3 Å². The molecule has 0 saturated carbocycles. The molecule has 1 heterocycles. The highest BCUT2D eigenvalue weighted by molar-refractivity contribution is 5.79. The van der Waals surface area contributed by atoms with Crippen molar-refractivity contribution in [2.24, 2.45) is 10.7 Å². The second-order valence-corrected chi connectivity index (χ2v) is 12.7. The summed E-state index contributed by atoms with van der Waals surface area (Å²) in [5, 5.41) is 7.17. The SMILES string of the molecule is C=C(/C=C(/C(=C)NC(C/C=C\C)CCC/C=C/C=NCC(N)=O)N(C)C(=C)C)C(=C)NCc1ccc2c(c1)CN(C1=C(C)C(=C)C1)CC2. The number of aliphatic imine (C=N–C) groups is 1.